The molecule has 1 saturated carbocycles. The maximum Gasteiger partial charge on any atom is 0.115 e. The summed E-state index contributed by atoms with van der Waals surface area (Å²) in [6.07, 6.45) is 3.71. The van der Waals surface area contributed by atoms with Crippen LogP contribution in [0, 0.1) is 0 Å². The van der Waals surface area contributed by atoms with E-state index in [4.69, 9.17) is 11.6 Å². The molecule has 64 valence electrons. The molecule has 0 atom stereocenters. The molecule has 0 amide bonds. The van der Waals surface area contributed by atoms with E-state index in [9.17, 15) is 5.11 Å². The quantitative estimate of drug-likeness (QED) is 0.707. The number of phenols is 1. The van der Waals surface area contributed by atoms with Crippen molar-refractivity contribution in [3.8, 4) is 5.75 Å². The van der Waals surface area contributed by atoms with Crippen molar-refractivity contribution in [3.63, 3.8) is 0 Å². The van der Waals surface area contributed by atoms with E-state index in [0.717, 1.165) is 10.6 Å². The van der Waals surface area contributed by atoms with Gasteiger partial charge in [0.1, 0.15) is 5.75 Å². The largest absolute Gasteiger partial charge is 0.508 e. The Morgan fingerprint density at radius 2 is 2.08 bits per heavy atom. The van der Waals surface area contributed by atoms with E-state index in [1.165, 1.54) is 19.3 Å². The summed E-state index contributed by atoms with van der Waals surface area (Å²) in [5, 5.41) is 10.0. The Hall–Kier alpha value is -0.690. The van der Waals surface area contributed by atoms with Gasteiger partial charge in [-0.2, -0.15) is 0 Å². The lowest BCUT2D eigenvalue weighted by atomic mass is 9.80. The predicted octanol–water partition coefficient (Wildman–Crippen LogP) is 3.31. The maximum absolute atomic E-state index is 9.25. The number of benzene rings is 1. The first-order chi connectivity index (χ1) is 5.77. The smallest absolute Gasteiger partial charge is 0.115 e. The molecule has 0 heterocycles. The van der Waals surface area contributed by atoms with Gasteiger partial charge in [-0.15, -0.1) is 0 Å². The van der Waals surface area contributed by atoms with Crippen molar-refractivity contribution < 1.29 is 5.11 Å². The molecular formula is C10H11ClO. The van der Waals surface area contributed by atoms with E-state index in [0.29, 0.717) is 11.7 Å². The summed E-state index contributed by atoms with van der Waals surface area (Å²) in [7, 11) is 0. The molecule has 1 aromatic rings. The van der Waals surface area contributed by atoms with Gasteiger partial charge in [-0.1, -0.05) is 18.0 Å². The second kappa shape index (κ2) is 2.98. The zero-order valence-corrected chi connectivity index (χ0v) is 7.51. The summed E-state index contributed by atoms with van der Waals surface area (Å²) in [5.74, 6) is 0.908. The third kappa shape index (κ3) is 1.29. The number of rotatable bonds is 1. The van der Waals surface area contributed by atoms with Crippen molar-refractivity contribution in [1.82, 2.24) is 0 Å². The molecule has 1 aliphatic carbocycles. The number of aromatic hydroxyl groups is 1. The van der Waals surface area contributed by atoms with Gasteiger partial charge < -0.3 is 5.11 Å². The molecule has 0 unspecified atom stereocenters. The van der Waals surface area contributed by atoms with Crippen molar-refractivity contribution in [3.05, 3.63) is 28.8 Å². The van der Waals surface area contributed by atoms with E-state index in [1.54, 1.807) is 18.2 Å². The maximum atomic E-state index is 9.25. The fraction of sp³-hybridized carbons (Fsp3) is 0.400. The Kier molecular flexibility index (Phi) is 1.97. The molecule has 0 spiro atoms. The lowest BCUT2D eigenvalue weighted by Crippen LogP contribution is -2.08. The van der Waals surface area contributed by atoms with Crippen LogP contribution in [-0.2, 0) is 0 Å². The second-order valence-electron chi connectivity index (χ2n) is 3.33. The Morgan fingerprint density at radius 1 is 1.33 bits per heavy atom. The van der Waals surface area contributed by atoms with E-state index < -0.39 is 0 Å². The van der Waals surface area contributed by atoms with Crippen LogP contribution in [0.3, 0.4) is 0 Å². The van der Waals surface area contributed by atoms with Crippen molar-refractivity contribution in [2.75, 3.05) is 0 Å². The summed E-state index contributed by atoms with van der Waals surface area (Å²) in [5.41, 5.74) is 1.11. The third-order valence-electron chi connectivity index (χ3n) is 2.52. The topological polar surface area (TPSA) is 20.2 Å². The first-order valence-corrected chi connectivity index (χ1v) is 4.63. The molecule has 1 N–H and O–H groups in total. The van der Waals surface area contributed by atoms with Crippen LogP contribution < -0.4 is 0 Å². The summed E-state index contributed by atoms with van der Waals surface area (Å²) in [4.78, 5) is 0. The van der Waals surface area contributed by atoms with Crippen LogP contribution >= 0.6 is 11.6 Å². The Morgan fingerprint density at radius 3 is 2.67 bits per heavy atom. The fourth-order valence-corrected chi connectivity index (χ4v) is 1.84. The lowest BCUT2D eigenvalue weighted by Gasteiger charge is -2.26. The summed E-state index contributed by atoms with van der Waals surface area (Å²) in [6.45, 7) is 0. The molecule has 1 aromatic carbocycles. The monoisotopic (exact) mass is 182 g/mol. The van der Waals surface area contributed by atoms with Gasteiger partial charge in [-0.3, -0.25) is 0 Å². The number of hydrogen-bond acceptors (Lipinski definition) is 1. The van der Waals surface area contributed by atoms with Crippen LogP contribution in [-0.4, -0.2) is 5.11 Å². The lowest BCUT2D eigenvalue weighted by molar-refractivity contribution is 0.416. The molecule has 0 radical (unpaired) electrons. The number of phenolic OH excluding ortho intramolecular Hbond substituents is 1. The molecule has 0 saturated heterocycles. The first kappa shape index (κ1) is 7.93. The van der Waals surface area contributed by atoms with E-state index in [2.05, 4.69) is 0 Å². The molecule has 1 fully saturated rings. The number of hydrogen-bond donors (Lipinski definition) is 1. The number of halogens is 1. The molecule has 0 aliphatic heterocycles. The Balaban J connectivity index is 2.34. The average Bonchev–Trinajstić information content (AvgIpc) is 1.93. The van der Waals surface area contributed by atoms with Gasteiger partial charge in [-0.05, 0) is 42.5 Å². The normalized spacial score (nSPS) is 17.4. The molecular weight excluding hydrogens is 172 g/mol. The van der Waals surface area contributed by atoms with E-state index in [-0.39, 0.29) is 0 Å². The van der Waals surface area contributed by atoms with Crippen LogP contribution in [0.1, 0.15) is 30.7 Å². The minimum Gasteiger partial charge on any atom is -0.508 e. The molecule has 0 bridgehead atoms. The molecule has 1 nitrogen and oxygen atoms in total. The summed E-state index contributed by atoms with van der Waals surface area (Å²) >= 11 is 5.99. The summed E-state index contributed by atoms with van der Waals surface area (Å²) < 4.78 is 0. The average molecular weight is 183 g/mol. The highest BCUT2D eigenvalue weighted by Crippen LogP contribution is 2.40. The molecule has 12 heavy (non-hydrogen) atoms. The van der Waals surface area contributed by atoms with Crippen LogP contribution in [0.4, 0.5) is 0 Å². The van der Waals surface area contributed by atoms with Gasteiger partial charge in [0, 0.05) is 5.02 Å². The predicted molar refractivity (Wildman–Crippen MR) is 49.7 cm³/mol. The van der Waals surface area contributed by atoms with Crippen molar-refractivity contribution in [2.24, 2.45) is 0 Å². The second-order valence-corrected chi connectivity index (χ2v) is 3.74. The van der Waals surface area contributed by atoms with Gasteiger partial charge in [0.05, 0.1) is 0 Å². The zero-order valence-electron chi connectivity index (χ0n) is 6.76. The highest BCUT2D eigenvalue weighted by Gasteiger charge is 2.21. The van der Waals surface area contributed by atoms with Crippen LogP contribution in [0.15, 0.2) is 18.2 Å². The van der Waals surface area contributed by atoms with Crippen molar-refractivity contribution in [2.45, 2.75) is 25.2 Å². The fourth-order valence-electron chi connectivity index (χ4n) is 1.56. The van der Waals surface area contributed by atoms with Gasteiger partial charge in [-0.25, -0.2) is 0 Å². The highest BCUT2D eigenvalue weighted by molar-refractivity contribution is 6.31. The zero-order chi connectivity index (χ0) is 8.55. The Bertz CT molecular complexity index is 292. The first-order valence-electron chi connectivity index (χ1n) is 4.26. The van der Waals surface area contributed by atoms with Crippen LogP contribution in [0.2, 0.25) is 5.02 Å². The van der Waals surface area contributed by atoms with Crippen LogP contribution in [0.5, 0.6) is 5.75 Å². The molecule has 0 aromatic heterocycles. The van der Waals surface area contributed by atoms with Gasteiger partial charge in [0.2, 0.25) is 0 Å². The SMILES string of the molecule is Oc1ccc(Cl)c(C2CCC2)c1. The Labute approximate surface area is 77.0 Å². The van der Waals surface area contributed by atoms with Crippen molar-refractivity contribution in [1.29, 1.82) is 0 Å². The van der Waals surface area contributed by atoms with Gasteiger partial charge in [0.25, 0.3) is 0 Å². The van der Waals surface area contributed by atoms with E-state index in [1.807, 2.05) is 0 Å². The standard InChI is InChI=1S/C10H11ClO/c11-10-5-4-8(12)6-9(10)7-2-1-3-7/h4-7,12H,1-3H2. The highest BCUT2D eigenvalue weighted by atomic mass is 35.5. The summed E-state index contributed by atoms with van der Waals surface area (Å²) in [6, 6.07) is 5.18. The minimum absolute atomic E-state index is 0.321. The molecule has 2 rings (SSSR count). The minimum atomic E-state index is 0.321. The van der Waals surface area contributed by atoms with Crippen LogP contribution in [0.25, 0.3) is 0 Å². The van der Waals surface area contributed by atoms with E-state index >= 15 is 0 Å². The van der Waals surface area contributed by atoms with Crippen molar-refractivity contribution >= 4 is 11.6 Å². The third-order valence-corrected chi connectivity index (χ3v) is 2.87. The van der Waals surface area contributed by atoms with Gasteiger partial charge >= 0.3 is 0 Å². The molecule has 2 heteroatoms. The molecule has 1 aliphatic rings. The van der Waals surface area contributed by atoms with Gasteiger partial charge in [0.15, 0.2) is 0 Å².